The Morgan fingerprint density at radius 2 is 2.24 bits per heavy atom. The number of aromatic nitrogens is 2. The summed E-state index contributed by atoms with van der Waals surface area (Å²) < 4.78 is 10.3. The SMILES string of the molecule is COc1ccc(-c2nnc(C)o2)cc1N=C=O. The zero-order valence-corrected chi connectivity index (χ0v) is 9.30. The fourth-order valence-corrected chi connectivity index (χ4v) is 1.37. The van der Waals surface area contributed by atoms with Crippen molar-refractivity contribution in [3.05, 3.63) is 24.1 Å². The van der Waals surface area contributed by atoms with Crippen LogP contribution < -0.4 is 4.74 Å². The van der Waals surface area contributed by atoms with Crippen molar-refractivity contribution in [2.75, 3.05) is 7.11 Å². The molecule has 1 aromatic heterocycles. The Hall–Kier alpha value is -2.46. The predicted molar refractivity (Wildman–Crippen MR) is 58.8 cm³/mol. The van der Waals surface area contributed by atoms with E-state index in [1.54, 1.807) is 25.1 Å². The molecule has 1 heterocycles. The van der Waals surface area contributed by atoms with Crippen molar-refractivity contribution in [1.82, 2.24) is 10.2 Å². The summed E-state index contributed by atoms with van der Waals surface area (Å²) in [6.07, 6.45) is 1.47. The van der Waals surface area contributed by atoms with Crippen LogP contribution in [-0.4, -0.2) is 23.4 Å². The van der Waals surface area contributed by atoms with Gasteiger partial charge in [0.1, 0.15) is 11.4 Å². The van der Waals surface area contributed by atoms with Gasteiger partial charge in [-0.2, -0.15) is 4.99 Å². The van der Waals surface area contributed by atoms with Crippen LogP contribution in [0.3, 0.4) is 0 Å². The van der Waals surface area contributed by atoms with Gasteiger partial charge in [0.2, 0.25) is 17.9 Å². The second-order valence-electron chi connectivity index (χ2n) is 3.22. The molecule has 0 radical (unpaired) electrons. The number of hydrogen-bond acceptors (Lipinski definition) is 6. The summed E-state index contributed by atoms with van der Waals surface area (Å²) in [5.41, 5.74) is 1.04. The van der Waals surface area contributed by atoms with Gasteiger partial charge in [-0.3, -0.25) is 0 Å². The average Bonchev–Trinajstić information content (AvgIpc) is 2.76. The standard InChI is InChI=1S/C11H9N3O3/c1-7-13-14-11(17-7)8-3-4-10(16-2)9(5-8)12-6-15/h3-5H,1-2H3. The first-order valence-corrected chi connectivity index (χ1v) is 4.81. The van der Waals surface area contributed by atoms with Gasteiger partial charge in [-0.15, -0.1) is 10.2 Å². The molecule has 17 heavy (non-hydrogen) atoms. The lowest BCUT2D eigenvalue weighted by atomic mass is 10.2. The minimum absolute atomic E-state index is 0.368. The molecule has 0 aliphatic rings. The lowest BCUT2D eigenvalue weighted by molar-refractivity contribution is 0.416. The Morgan fingerprint density at radius 3 is 2.82 bits per heavy atom. The lowest BCUT2D eigenvalue weighted by Gasteiger charge is -2.03. The number of methoxy groups -OCH3 is 1. The van der Waals surface area contributed by atoms with E-state index in [0.717, 1.165) is 0 Å². The Balaban J connectivity index is 2.50. The summed E-state index contributed by atoms with van der Waals surface area (Å²) in [6, 6.07) is 5.04. The highest BCUT2D eigenvalue weighted by Crippen LogP contribution is 2.31. The molecule has 2 aromatic rings. The highest BCUT2D eigenvalue weighted by molar-refractivity contribution is 5.67. The van der Waals surface area contributed by atoms with E-state index in [1.807, 2.05) is 0 Å². The number of carbonyl (C=O) groups excluding carboxylic acids is 1. The normalized spacial score (nSPS) is 9.76. The molecule has 0 aliphatic heterocycles. The van der Waals surface area contributed by atoms with Crippen LogP contribution in [0.15, 0.2) is 27.6 Å². The molecule has 0 bridgehead atoms. The lowest BCUT2D eigenvalue weighted by Crippen LogP contribution is -1.85. The molecule has 0 saturated carbocycles. The van der Waals surface area contributed by atoms with Gasteiger partial charge in [0.05, 0.1) is 7.11 Å². The molecule has 0 unspecified atom stereocenters. The first kappa shape index (κ1) is 11.0. The summed E-state index contributed by atoms with van der Waals surface area (Å²) >= 11 is 0. The number of aryl methyl sites for hydroxylation is 1. The van der Waals surface area contributed by atoms with Crippen LogP contribution in [0.1, 0.15) is 5.89 Å². The number of rotatable bonds is 3. The number of benzene rings is 1. The van der Waals surface area contributed by atoms with Crippen molar-refractivity contribution < 1.29 is 13.9 Å². The van der Waals surface area contributed by atoms with Crippen LogP contribution in [0, 0.1) is 6.92 Å². The first-order valence-electron chi connectivity index (χ1n) is 4.81. The van der Waals surface area contributed by atoms with Gasteiger partial charge >= 0.3 is 0 Å². The predicted octanol–water partition coefficient (Wildman–Crippen LogP) is 2.02. The van der Waals surface area contributed by atoms with E-state index in [9.17, 15) is 4.79 Å². The quantitative estimate of drug-likeness (QED) is 0.596. The van der Waals surface area contributed by atoms with Gasteiger partial charge in [-0.1, -0.05) is 0 Å². The van der Waals surface area contributed by atoms with Gasteiger partial charge < -0.3 is 9.15 Å². The van der Waals surface area contributed by atoms with Crippen LogP contribution in [0.4, 0.5) is 5.69 Å². The van der Waals surface area contributed by atoms with E-state index in [0.29, 0.717) is 28.8 Å². The Morgan fingerprint density at radius 1 is 1.41 bits per heavy atom. The average molecular weight is 231 g/mol. The molecular weight excluding hydrogens is 222 g/mol. The second-order valence-corrected chi connectivity index (χ2v) is 3.22. The van der Waals surface area contributed by atoms with Gasteiger partial charge in [0.25, 0.3) is 0 Å². The molecule has 86 valence electrons. The van der Waals surface area contributed by atoms with Crippen molar-refractivity contribution >= 4 is 11.8 Å². The van der Waals surface area contributed by atoms with Crippen LogP contribution in [-0.2, 0) is 4.79 Å². The number of ether oxygens (including phenoxy) is 1. The van der Waals surface area contributed by atoms with Crippen LogP contribution in [0.2, 0.25) is 0 Å². The third kappa shape index (κ3) is 2.21. The monoisotopic (exact) mass is 231 g/mol. The maximum Gasteiger partial charge on any atom is 0.247 e. The van der Waals surface area contributed by atoms with E-state index in [2.05, 4.69) is 15.2 Å². The highest BCUT2D eigenvalue weighted by atomic mass is 16.5. The smallest absolute Gasteiger partial charge is 0.247 e. The molecule has 0 atom stereocenters. The number of aliphatic imine (C=N–C) groups is 1. The van der Waals surface area contributed by atoms with E-state index >= 15 is 0 Å². The summed E-state index contributed by atoms with van der Waals surface area (Å²) in [5.74, 6) is 1.32. The third-order valence-corrected chi connectivity index (χ3v) is 2.12. The number of nitrogens with zero attached hydrogens (tertiary/aromatic N) is 3. The van der Waals surface area contributed by atoms with E-state index in [1.165, 1.54) is 13.2 Å². The van der Waals surface area contributed by atoms with Crippen LogP contribution in [0.25, 0.3) is 11.5 Å². The van der Waals surface area contributed by atoms with Gasteiger partial charge in [-0.25, -0.2) is 4.79 Å². The van der Waals surface area contributed by atoms with Crippen LogP contribution in [0.5, 0.6) is 5.75 Å². The van der Waals surface area contributed by atoms with Crippen molar-refractivity contribution in [3.8, 4) is 17.2 Å². The molecule has 0 saturated heterocycles. The molecule has 0 amide bonds. The highest BCUT2D eigenvalue weighted by Gasteiger charge is 2.09. The summed E-state index contributed by atoms with van der Waals surface area (Å²) in [5, 5.41) is 7.60. The molecule has 0 spiro atoms. The Labute approximate surface area is 97.0 Å². The maximum atomic E-state index is 10.3. The molecule has 1 aromatic carbocycles. The van der Waals surface area contributed by atoms with Crippen molar-refractivity contribution in [1.29, 1.82) is 0 Å². The maximum absolute atomic E-state index is 10.3. The Bertz CT molecular complexity index is 585. The first-order chi connectivity index (χ1) is 8.24. The fourth-order valence-electron chi connectivity index (χ4n) is 1.37. The summed E-state index contributed by atoms with van der Waals surface area (Å²) in [4.78, 5) is 13.8. The van der Waals surface area contributed by atoms with Crippen molar-refractivity contribution in [3.63, 3.8) is 0 Å². The van der Waals surface area contributed by atoms with E-state index < -0.39 is 0 Å². The Kier molecular flexibility index (Phi) is 2.98. The molecule has 0 N–H and O–H groups in total. The third-order valence-electron chi connectivity index (χ3n) is 2.12. The van der Waals surface area contributed by atoms with Gasteiger partial charge in [-0.05, 0) is 18.2 Å². The zero-order valence-electron chi connectivity index (χ0n) is 9.30. The van der Waals surface area contributed by atoms with Gasteiger partial charge in [0.15, 0.2) is 0 Å². The summed E-state index contributed by atoms with van der Waals surface area (Å²) in [7, 11) is 1.50. The fraction of sp³-hybridized carbons (Fsp3) is 0.182. The van der Waals surface area contributed by atoms with Gasteiger partial charge in [0, 0.05) is 12.5 Å². The molecule has 0 fully saturated rings. The zero-order chi connectivity index (χ0) is 12.3. The van der Waals surface area contributed by atoms with E-state index in [4.69, 9.17) is 9.15 Å². The largest absolute Gasteiger partial charge is 0.494 e. The minimum atomic E-state index is 0.368. The van der Waals surface area contributed by atoms with Crippen molar-refractivity contribution in [2.24, 2.45) is 4.99 Å². The second kappa shape index (κ2) is 4.59. The molecular formula is C11H9N3O3. The van der Waals surface area contributed by atoms with Crippen molar-refractivity contribution in [2.45, 2.75) is 6.92 Å². The molecule has 0 aliphatic carbocycles. The van der Waals surface area contributed by atoms with Crippen LogP contribution >= 0.6 is 0 Å². The molecule has 6 heteroatoms. The van der Waals surface area contributed by atoms with E-state index in [-0.39, 0.29) is 0 Å². The minimum Gasteiger partial charge on any atom is -0.494 e. The summed E-state index contributed by atoms with van der Waals surface area (Å²) in [6.45, 7) is 1.70. The molecule has 6 nitrogen and oxygen atoms in total. The topological polar surface area (TPSA) is 77.6 Å². The molecule has 2 rings (SSSR count). The number of isocyanates is 1. The number of hydrogen-bond donors (Lipinski definition) is 0.